The Labute approximate surface area is 93.7 Å². The highest BCUT2D eigenvalue weighted by Gasteiger charge is 2.10. The fraction of sp³-hybridized carbons (Fsp3) is 0.182. The van der Waals surface area contributed by atoms with Crippen LogP contribution in [0.5, 0.6) is 0 Å². The molecular weight excluding hydrogens is 199 g/mol. The predicted octanol–water partition coefficient (Wildman–Crippen LogP) is 0.938. The molecule has 3 rings (SSSR count). The Balaban J connectivity index is 2.51. The largest absolute Gasteiger partial charge is 0.376 e. The van der Waals surface area contributed by atoms with Crippen LogP contribution < -0.4 is 0 Å². The van der Waals surface area contributed by atoms with Gasteiger partial charge in [-0.15, -0.1) is 10.2 Å². The van der Waals surface area contributed by atoms with Crippen LogP contribution in [0.1, 0.15) is 12.7 Å². The van der Waals surface area contributed by atoms with Crippen molar-refractivity contribution in [2.75, 3.05) is 0 Å². The van der Waals surface area contributed by atoms with Gasteiger partial charge in [-0.2, -0.15) is 0 Å². The number of aryl methyl sites for hydroxylation is 1. The Morgan fingerprint density at radius 2 is 2.06 bits per heavy atom. The van der Waals surface area contributed by atoms with E-state index in [-0.39, 0.29) is 0 Å². The first-order valence-corrected chi connectivity index (χ1v) is 5.38. The lowest BCUT2D eigenvalue weighted by Crippen LogP contribution is -1.99. The second-order valence-corrected chi connectivity index (χ2v) is 3.83. The Morgan fingerprint density at radius 3 is 2.88 bits per heavy atom. The Kier molecular flexibility index (Phi) is 1.92. The topological polar surface area (TPSA) is 43.6 Å². The summed E-state index contributed by atoms with van der Waals surface area (Å²) in [5.41, 5.74) is 2.94. The second kappa shape index (κ2) is 3.30. The number of aromatic nitrogens is 4. The minimum absolute atomic E-state index is 0.790. The van der Waals surface area contributed by atoms with Gasteiger partial charge in [0, 0.05) is 17.3 Å². The van der Waals surface area contributed by atoms with Gasteiger partial charge < -0.3 is 4.48 Å². The summed E-state index contributed by atoms with van der Waals surface area (Å²) >= 11 is 0. The highest BCUT2D eigenvalue weighted by Crippen LogP contribution is 2.23. The number of hydrogen-bond donors (Lipinski definition) is 0. The Bertz CT molecular complexity index is 674. The maximum atomic E-state index is 4.52. The van der Waals surface area contributed by atoms with Crippen molar-refractivity contribution < 1.29 is 0 Å². The van der Waals surface area contributed by atoms with Crippen LogP contribution in [-0.2, 0) is 6.42 Å². The fourth-order valence-corrected chi connectivity index (χ4v) is 1.99. The second-order valence-electron chi connectivity index (χ2n) is 3.83. The minimum atomic E-state index is 0.790. The van der Waals surface area contributed by atoms with Gasteiger partial charge in [0.05, 0.1) is 0 Å². The molecule has 16 heavy (non-hydrogen) atoms. The van der Waals surface area contributed by atoms with Crippen molar-refractivity contribution in [3.05, 3.63) is 30.1 Å². The van der Waals surface area contributed by atoms with Gasteiger partial charge in [0.1, 0.15) is 5.52 Å². The summed E-state index contributed by atoms with van der Waals surface area (Å²) in [6.07, 6.45) is 0.810. The van der Waals surface area contributed by atoms with Gasteiger partial charge in [-0.25, -0.2) is 4.98 Å². The third-order valence-electron chi connectivity index (χ3n) is 2.87. The molecule has 2 aromatic heterocycles. The zero-order valence-electron chi connectivity index (χ0n) is 9.31. The van der Waals surface area contributed by atoms with E-state index in [4.69, 9.17) is 0 Å². The van der Waals surface area contributed by atoms with Gasteiger partial charge in [-0.3, -0.25) is 0 Å². The number of para-hydroxylation sites is 1. The van der Waals surface area contributed by atoms with Crippen molar-refractivity contribution in [2.24, 2.45) is 0 Å². The minimum Gasteiger partial charge on any atom is -0.376 e. The van der Waals surface area contributed by atoms with E-state index in [0.717, 1.165) is 34.3 Å². The molecule has 0 unspecified atom stereocenters. The van der Waals surface area contributed by atoms with Crippen molar-refractivity contribution >= 4 is 30.0 Å². The van der Waals surface area contributed by atoms with E-state index in [2.05, 4.69) is 31.8 Å². The summed E-state index contributed by atoms with van der Waals surface area (Å²) in [7, 11) is 2.01. The molecule has 5 heteroatoms. The molecule has 2 heterocycles. The first-order valence-electron chi connectivity index (χ1n) is 5.38. The normalized spacial score (nSPS) is 11.3. The molecule has 0 saturated heterocycles. The Hall–Kier alpha value is -1.91. The molecule has 1 aromatic carbocycles. The molecule has 0 aliphatic heterocycles. The van der Waals surface area contributed by atoms with Gasteiger partial charge in [-0.1, -0.05) is 25.1 Å². The Morgan fingerprint density at radius 1 is 1.25 bits per heavy atom. The first kappa shape index (κ1) is 9.33. The van der Waals surface area contributed by atoms with E-state index < -0.39 is 0 Å². The van der Waals surface area contributed by atoms with E-state index in [1.165, 1.54) is 0 Å². The first-order chi connectivity index (χ1) is 7.81. The summed E-state index contributed by atoms with van der Waals surface area (Å²) < 4.78 is 2.07. The maximum absolute atomic E-state index is 4.52. The van der Waals surface area contributed by atoms with E-state index in [1.54, 1.807) is 0 Å². The molecule has 0 aliphatic rings. The van der Waals surface area contributed by atoms with Crippen LogP contribution in [0.4, 0.5) is 0 Å². The van der Waals surface area contributed by atoms with Crippen LogP contribution in [0, 0.1) is 0 Å². The number of fused-ring (bicyclic) bond motifs is 3. The molecule has 0 amide bonds. The van der Waals surface area contributed by atoms with Gasteiger partial charge in [0.25, 0.3) is 0 Å². The molecule has 4 nitrogen and oxygen atoms in total. The van der Waals surface area contributed by atoms with Crippen molar-refractivity contribution in [2.45, 2.75) is 13.3 Å². The average molecular weight is 210 g/mol. The maximum Gasteiger partial charge on any atom is 0.225 e. The number of rotatable bonds is 1. The van der Waals surface area contributed by atoms with Crippen LogP contribution in [-0.4, -0.2) is 27.6 Å². The number of benzene rings is 1. The van der Waals surface area contributed by atoms with Gasteiger partial charge >= 0.3 is 0 Å². The molecule has 78 valence electrons. The highest BCUT2D eigenvalue weighted by atomic mass is 15.2. The molecule has 0 N–H and O–H groups in total. The van der Waals surface area contributed by atoms with Crippen LogP contribution in [0.3, 0.4) is 0 Å². The summed E-state index contributed by atoms with van der Waals surface area (Å²) in [4.78, 5) is 4.52. The summed E-state index contributed by atoms with van der Waals surface area (Å²) in [6.45, 7) is 2.03. The zero-order valence-corrected chi connectivity index (χ0v) is 9.31. The lowest BCUT2D eigenvalue weighted by atomic mass is 10.2. The van der Waals surface area contributed by atoms with E-state index in [1.807, 2.05) is 27.0 Å². The summed E-state index contributed by atoms with van der Waals surface area (Å²) in [5, 5.41) is 9.50. The standard InChI is InChI=1S/C11H11BN4/c1-2-9-13-11-10(15-14-9)7-5-3-4-6-8(7)16(11)12/h3-6H,2,12H2,1H3. The van der Waals surface area contributed by atoms with Gasteiger partial charge in [-0.05, 0) is 6.07 Å². The smallest absolute Gasteiger partial charge is 0.225 e. The molecular formula is C11H11BN4. The molecule has 0 bridgehead atoms. The molecule has 0 saturated carbocycles. The van der Waals surface area contributed by atoms with Crippen LogP contribution in [0.15, 0.2) is 24.3 Å². The molecule has 0 atom stereocenters. The third kappa shape index (κ3) is 1.14. The highest BCUT2D eigenvalue weighted by molar-refractivity contribution is 6.19. The monoisotopic (exact) mass is 210 g/mol. The average Bonchev–Trinajstić information content (AvgIpc) is 2.64. The predicted molar refractivity (Wildman–Crippen MR) is 66.1 cm³/mol. The molecule has 0 aliphatic carbocycles. The van der Waals surface area contributed by atoms with E-state index in [0.29, 0.717) is 0 Å². The lowest BCUT2D eigenvalue weighted by Gasteiger charge is -1.97. The molecule has 0 radical (unpaired) electrons. The molecule has 0 spiro atoms. The van der Waals surface area contributed by atoms with Crippen molar-refractivity contribution in [1.29, 1.82) is 0 Å². The lowest BCUT2D eigenvalue weighted by molar-refractivity contribution is 0.876. The van der Waals surface area contributed by atoms with Crippen molar-refractivity contribution in [3.63, 3.8) is 0 Å². The fourth-order valence-electron chi connectivity index (χ4n) is 1.99. The van der Waals surface area contributed by atoms with Crippen molar-refractivity contribution in [1.82, 2.24) is 19.7 Å². The van der Waals surface area contributed by atoms with Crippen LogP contribution in [0.25, 0.3) is 22.1 Å². The summed E-state index contributed by atoms with van der Waals surface area (Å²) in [6, 6.07) is 8.16. The van der Waals surface area contributed by atoms with E-state index >= 15 is 0 Å². The van der Waals surface area contributed by atoms with Crippen molar-refractivity contribution in [3.8, 4) is 0 Å². The van der Waals surface area contributed by atoms with Gasteiger partial charge in [0.2, 0.25) is 7.98 Å². The van der Waals surface area contributed by atoms with E-state index in [9.17, 15) is 0 Å². The third-order valence-corrected chi connectivity index (χ3v) is 2.87. The van der Waals surface area contributed by atoms with Gasteiger partial charge in [0.15, 0.2) is 11.5 Å². The number of nitrogens with zero attached hydrogens (tertiary/aromatic N) is 4. The molecule has 0 fully saturated rings. The van der Waals surface area contributed by atoms with Crippen LogP contribution in [0.2, 0.25) is 0 Å². The molecule has 3 aromatic rings. The zero-order chi connectivity index (χ0) is 11.1. The quantitative estimate of drug-likeness (QED) is 0.561. The number of hydrogen-bond acceptors (Lipinski definition) is 3. The van der Waals surface area contributed by atoms with Crippen LogP contribution >= 0.6 is 0 Å². The summed E-state index contributed by atoms with van der Waals surface area (Å²) in [5.74, 6) is 0.790. The SMILES string of the molecule is Bn1c2ccccc2c2nnc(CC)nc21.